The number of fused-ring (bicyclic) bond motifs is 3. The molecule has 2 heterocycles. The average Bonchev–Trinajstić information content (AvgIpc) is 3.20. The van der Waals surface area contributed by atoms with Crippen LogP contribution in [0.5, 0.6) is 11.5 Å². The van der Waals surface area contributed by atoms with E-state index in [1.807, 2.05) is 6.07 Å². The third-order valence-corrected chi connectivity index (χ3v) is 5.16. The van der Waals surface area contributed by atoms with Gasteiger partial charge in [-0.2, -0.15) is 0 Å². The first-order valence-electron chi connectivity index (χ1n) is 9.95. The van der Waals surface area contributed by atoms with Gasteiger partial charge in [-0.25, -0.2) is 4.98 Å². The molecule has 11 heteroatoms. The molecule has 0 radical (unpaired) electrons. The van der Waals surface area contributed by atoms with Crippen molar-refractivity contribution in [3.63, 3.8) is 0 Å². The molecule has 170 valence electrons. The second-order valence-corrected chi connectivity index (χ2v) is 7.15. The smallest absolute Gasteiger partial charge is 0.297 e. The van der Waals surface area contributed by atoms with Gasteiger partial charge in [0.15, 0.2) is 11.5 Å². The Kier molecular flexibility index (Phi) is 5.94. The van der Waals surface area contributed by atoms with Crippen LogP contribution in [0.3, 0.4) is 0 Å². The van der Waals surface area contributed by atoms with E-state index in [1.54, 1.807) is 18.2 Å². The number of benzene rings is 2. The lowest BCUT2D eigenvalue weighted by Crippen LogP contribution is -2.33. The second kappa shape index (κ2) is 8.99. The number of aromatic nitrogens is 2. The fraction of sp³-hybridized carbons (Fsp3) is 0.227. The van der Waals surface area contributed by atoms with Crippen LogP contribution in [0.2, 0.25) is 0 Å². The molecule has 0 spiro atoms. The molecule has 1 amide bonds. The maximum Gasteiger partial charge on any atom is 0.297 e. The molecule has 4 rings (SSSR count). The number of para-hydroxylation sites is 1. The standard InChI is InChI=1S/C22H20N4O7/c1-31-17-9-13(15(26(29)30)10-18(17)32-2)7-8-23-19(27)11-25-12-24-20-14-5-3-4-6-16(14)33-21(20)22(25)28/h3-6,9-10,12H,7-8,11H2,1-2H3,(H,23,27). The SMILES string of the molecule is COc1cc(CCNC(=O)Cn2cnc3c(oc4ccccc43)c2=O)c([N+](=O)[O-])cc1OC. The zero-order valence-corrected chi connectivity index (χ0v) is 17.9. The predicted molar refractivity (Wildman–Crippen MR) is 119 cm³/mol. The van der Waals surface area contributed by atoms with E-state index in [1.165, 1.54) is 32.7 Å². The van der Waals surface area contributed by atoms with E-state index in [-0.39, 0.29) is 36.5 Å². The van der Waals surface area contributed by atoms with Gasteiger partial charge in [0.05, 0.1) is 31.5 Å². The van der Waals surface area contributed by atoms with Gasteiger partial charge in [0.25, 0.3) is 11.2 Å². The molecule has 11 nitrogen and oxygen atoms in total. The number of rotatable bonds is 8. The minimum absolute atomic E-state index is 0.0763. The molecule has 2 aromatic carbocycles. The highest BCUT2D eigenvalue weighted by Gasteiger charge is 2.20. The van der Waals surface area contributed by atoms with Crippen LogP contribution >= 0.6 is 0 Å². The summed E-state index contributed by atoms with van der Waals surface area (Å²) in [5.74, 6) is 0.142. The number of amides is 1. The molecule has 1 N–H and O–H groups in total. The predicted octanol–water partition coefficient (Wildman–Crippen LogP) is 2.43. The molecule has 4 aromatic rings. The average molecular weight is 452 g/mol. The molecular weight excluding hydrogens is 432 g/mol. The van der Waals surface area contributed by atoms with Gasteiger partial charge in [0, 0.05) is 17.5 Å². The topological polar surface area (TPSA) is 139 Å². The molecule has 0 aliphatic rings. The van der Waals surface area contributed by atoms with E-state index >= 15 is 0 Å². The highest BCUT2D eigenvalue weighted by atomic mass is 16.6. The summed E-state index contributed by atoms with van der Waals surface area (Å²) in [4.78, 5) is 40.3. The van der Waals surface area contributed by atoms with Gasteiger partial charge in [-0.3, -0.25) is 24.3 Å². The third-order valence-electron chi connectivity index (χ3n) is 5.16. The van der Waals surface area contributed by atoms with Crippen LogP contribution in [0, 0.1) is 10.1 Å². The van der Waals surface area contributed by atoms with Crippen LogP contribution < -0.4 is 20.3 Å². The number of carbonyl (C=O) groups is 1. The van der Waals surface area contributed by atoms with Gasteiger partial charge in [-0.1, -0.05) is 12.1 Å². The maximum absolute atomic E-state index is 12.7. The molecule has 0 fully saturated rings. The Morgan fingerprint density at radius 2 is 1.94 bits per heavy atom. The molecule has 0 saturated carbocycles. The number of nitrogens with zero attached hydrogens (tertiary/aromatic N) is 3. The zero-order valence-electron chi connectivity index (χ0n) is 17.9. The number of hydrogen-bond acceptors (Lipinski definition) is 8. The molecule has 33 heavy (non-hydrogen) atoms. The van der Waals surface area contributed by atoms with E-state index in [0.717, 1.165) is 9.95 Å². The van der Waals surface area contributed by atoms with Gasteiger partial charge in [-0.05, 0) is 24.6 Å². The Bertz CT molecular complexity index is 1420. The number of methoxy groups -OCH3 is 2. The summed E-state index contributed by atoms with van der Waals surface area (Å²) in [6.07, 6.45) is 1.48. The fourth-order valence-electron chi connectivity index (χ4n) is 3.56. The number of nitro groups is 1. The van der Waals surface area contributed by atoms with E-state index in [4.69, 9.17) is 13.9 Å². The van der Waals surface area contributed by atoms with Crippen molar-refractivity contribution in [1.82, 2.24) is 14.9 Å². The number of nitro benzene ring substituents is 1. The highest BCUT2D eigenvalue weighted by Crippen LogP contribution is 2.34. The minimum Gasteiger partial charge on any atom is -0.493 e. The van der Waals surface area contributed by atoms with Crippen molar-refractivity contribution in [2.75, 3.05) is 20.8 Å². The monoisotopic (exact) mass is 452 g/mol. The largest absolute Gasteiger partial charge is 0.493 e. The van der Waals surface area contributed by atoms with Crippen LogP contribution in [0.1, 0.15) is 5.56 Å². The summed E-state index contributed by atoms with van der Waals surface area (Å²) in [6, 6.07) is 9.94. The van der Waals surface area contributed by atoms with Gasteiger partial charge < -0.3 is 19.2 Å². The van der Waals surface area contributed by atoms with Gasteiger partial charge >= 0.3 is 0 Å². The molecule has 0 aliphatic heterocycles. The molecule has 0 atom stereocenters. The van der Waals surface area contributed by atoms with Crippen molar-refractivity contribution in [2.45, 2.75) is 13.0 Å². The Hall–Kier alpha value is -4.41. The maximum atomic E-state index is 12.7. The van der Waals surface area contributed by atoms with Crippen molar-refractivity contribution in [2.24, 2.45) is 0 Å². The van der Waals surface area contributed by atoms with E-state index in [2.05, 4.69) is 10.3 Å². The van der Waals surface area contributed by atoms with Crippen LogP contribution in [0.4, 0.5) is 5.69 Å². The summed E-state index contributed by atoms with van der Waals surface area (Å²) in [5, 5.41) is 14.8. The van der Waals surface area contributed by atoms with Crippen LogP contribution in [-0.4, -0.2) is 41.1 Å². The highest BCUT2D eigenvalue weighted by molar-refractivity contribution is 6.01. The lowest BCUT2D eigenvalue weighted by atomic mass is 10.1. The summed E-state index contributed by atoms with van der Waals surface area (Å²) < 4.78 is 17.1. The molecule has 0 aliphatic carbocycles. The Morgan fingerprint density at radius 1 is 1.21 bits per heavy atom. The first kappa shape index (κ1) is 21.8. The van der Waals surface area contributed by atoms with Crippen LogP contribution in [0.25, 0.3) is 22.1 Å². The summed E-state index contributed by atoms with van der Waals surface area (Å²) in [5.41, 5.74) is 0.816. The number of furan rings is 1. The first-order valence-corrected chi connectivity index (χ1v) is 9.95. The molecule has 0 unspecified atom stereocenters. The van der Waals surface area contributed by atoms with E-state index < -0.39 is 16.4 Å². The van der Waals surface area contributed by atoms with Gasteiger partial charge in [-0.15, -0.1) is 0 Å². The number of ether oxygens (including phenoxy) is 2. The quantitative estimate of drug-likeness (QED) is 0.318. The van der Waals surface area contributed by atoms with Crippen molar-refractivity contribution in [1.29, 1.82) is 0 Å². The van der Waals surface area contributed by atoms with Crippen LogP contribution in [0.15, 0.2) is 51.9 Å². The Labute approximate surface area is 186 Å². The summed E-state index contributed by atoms with van der Waals surface area (Å²) in [7, 11) is 2.82. The molecule has 0 saturated heterocycles. The fourth-order valence-corrected chi connectivity index (χ4v) is 3.56. The van der Waals surface area contributed by atoms with Crippen molar-refractivity contribution in [3.05, 3.63) is 68.8 Å². The van der Waals surface area contributed by atoms with Crippen molar-refractivity contribution in [3.8, 4) is 11.5 Å². The van der Waals surface area contributed by atoms with Crippen molar-refractivity contribution < 1.29 is 23.6 Å². The van der Waals surface area contributed by atoms with Crippen molar-refractivity contribution >= 4 is 33.7 Å². The number of nitrogens with one attached hydrogen (secondary N) is 1. The van der Waals surface area contributed by atoms with E-state index in [9.17, 15) is 19.7 Å². The third kappa shape index (κ3) is 4.20. The van der Waals surface area contributed by atoms with Crippen LogP contribution in [-0.2, 0) is 17.8 Å². The van der Waals surface area contributed by atoms with E-state index in [0.29, 0.717) is 22.4 Å². The second-order valence-electron chi connectivity index (χ2n) is 7.15. The summed E-state index contributed by atoms with van der Waals surface area (Å²) >= 11 is 0. The first-order chi connectivity index (χ1) is 15.9. The lowest BCUT2D eigenvalue weighted by Gasteiger charge is -2.11. The molecule has 2 aromatic heterocycles. The lowest BCUT2D eigenvalue weighted by molar-refractivity contribution is -0.385. The Balaban J connectivity index is 1.47. The zero-order chi connectivity index (χ0) is 23.5. The van der Waals surface area contributed by atoms with Gasteiger partial charge in [0.1, 0.15) is 17.6 Å². The molecular formula is C22H20N4O7. The normalized spacial score (nSPS) is 11.0. The summed E-state index contributed by atoms with van der Waals surface area (Å²) in [6.45, 7) is -0.156. The van der Waals surface area contributed by atoms with Gasteiger partial charge in [0.2, 0.25) is 11.5 Å². The Morgan fingerprint density at radius 3 is 2.67 bits per heavy atom. The minimum atomic E-state index is -0.521. The number of carbonyl (C=O) groups excluding carboxylic acids is 1. The molecule has 0 bridgehead atoms. The number of hydrogen-bond donors (Lipinski definition) is 1.